The molecule has 0 radical (unpaired) electrons. The molecule has 0 aromatic rings. The van der Waals surface area contributed by atoms with Gasteiger partial charge in [0.25, 0.3) is 0 Å². The zero-order valence-corrected chi connectivity index (χ0v) is 11.4. The van der Waals surface area contributed by atoms with Crippen molar-refractivity contribution in [2.45, 2.75) is 64.2 Å². The minimum absolute atomic E-state index is 0.484. The number of ketones is 1. The normalized spacial score (nSPS) is 51.4. The molecule has 0 aliphatic heterocycles. The third kappa shape index (κ3) is 1.62. The molecular formula is C17H26O. The van der Waals surface area contributed by atoms with Gasteiger partial charge in [-0.1, -0.05) is 12.8 Å². The molecule has 4 saturated carbocycles. The Bertz CT molecular complexity index is 348. The summed E-state index contributed by atoms with van der Waals surface area (Å²) in [4.78, 5) is 12.1. The van der Waals surface area contributed by atoms with Gasteiger partial charge < -0.3 is 0 Å². The first-order chi connectivity index (χ1) is 8.84. The van der Waals surface area contributed by atoms with Gasteiger partial charge in [-0.05, 0) is 74.5 Å². The largest absolute Gasteiger partial charge is 0.299 e. The minimum Gasteiger partial charge on any atom is -0.299 e. The molecule has 0 spiro atoms. The summed E-state index contributed by atoms with van der Waals surface area (Å²) in [6.07, 6.45) is 13.6. The molecule has 1 heteroatoms. The van der Waals surface area contributed by atoms with E-state index in [1.165, 1.54) is 57.8 Å². The van der Waals surface area contributed by atoms with Gasteiger partial charge in [0.2, 0.25) is 0 Å². The zero-order valence-electron chi connectivity index (χ0n) is 11.4. The topological polar surface area (TPSA) is 17.1 Å². The fourth-order valence-electron chi connectivity index (χ4n) is 6.28. The average Bonchev–Trinajstić information content (AvgIpc) is 2.87. The van der Waals surface area contributed by atoms with E-state index in [9.17, 15) is 4.79 Å². The van der Waals surface area contributed by atoms with Crippen LogP contribution in [0.15, 0.2) is 0 Å². The Morgan fingerprint density at radius 3 is 2.39 bits per heavy atom. The van der Waals surface area contributed by atoms with Crippen molar-refractivity contribution in [1.82, 2.24) is 0 Å². The van der Waals surface area contributed by atoms with Gasteiger partial charge in [0.05, 0.1) is 0 Å². The molecule has 0 aromatic heterocycles. The van der Waals surface area contributed by atoms with E-state index >= 15 is 0 Å². The van der Waals surface area contributed by atoms with Crippen molar-refractivity contribution in [2.24, 2.45) is 35.5 Å². The lowest BCUT2D eigenvalue weighted by atomic mass is 9.53. The highest BCUT2D eigenvalue weighted by Crippen LogP contribution is 2.57. The third-order valence-electron chi connectivity index (χ3n) is 6.94. The Kier molecular flexibility index (Phi) is 2.78. The summed E-state index contributed by atoms with van der Waals surface area (Å²) in [6, 6.07) is 0. The van der Waals surface area contributed by atoms with Crippen LogP contribution in [0.2, 0.25) is 0 Å². The van der Waals surface area contributed by atoms with Gasteiger partial charge >= 0.3 is 0 Å². The second-order valence-corrected chi connectivity index (χ2v) is 7.47. The Balaban J connectivity index is 1.58. The summed E-state index contributed by atoms with van der Waals surface area (Å²) in [7, 11) is 0. The molecule has 4 aliphatic carbocycles. The summed E-state index contributed by atoms with van der Waals surface area (Å²) in [6.45, 7) is 0. The standard InChI is InChI=1S/C17H26O/c18-17-6-2-5-13-15-8-7-11-3-1-4-12(11)14(15)9-10-16(13)17/h11-16H,1-10H2/t11-,12+,13+,14-,15+,16+/m0/s1. The monoisotopic (exact) mass is 246 g/mol. The third-order valence-corrected chi connectivity index (χ3v) is 6.94. The Labute approximate surface area is 111 Å². The van der Waals surface area contributed by atoms with E-state index < -0.39 is 0 Å². The van der Waals surface area contributed by atoms with E-state index in [1.807, 2.05) is 0 Å². The van der Waals surface area contributed by atoms with E-state index in [-0.39, 0.29) is 0 Å². The second kappa shape index (κ2) is 4.35. The smallest absolute Gasteiger partial charge is 0.136 e. The number of hydrogen-bond donors (Lipinski definition) is 0. The van der Waals surface area contributed by atoms with Crippen LogP contribution in [0.3, 0.4) is 0 Å². The van der Waals surface area contributed by atoms with Crippen LogP contribution in [0.1, 0.15) is 64.2 Å². The lowest BCUT2D eigenvalue weighted by molar-refractivity contribution is -0.132. The van der Waals surface area contributed by atoms with Crippen molar-refractivity contribution in [1.29, 1.82) is 0 Å². The lowest BCUT2D eigenvalue weighted by Crippen LogP contribution is -2.45. The van der Waals surface area contributed by atoms with Gasteiger partial charge in [0, 0.05) is 12.3 Å². The minimum atomic E-state index is 0.484. The highest BCUT2D eigenvalue weighted by Gasteiger charge is 2.50. The van der Waals surface area contributed by atoms with Crippen molar-refractivity contribution < 1.29 is 4.79 Å². The summed E-state index contributed by atoms with van der Waals surface area (Å²) in [5.74, 6) is 5.98. The van der Waals surface area contributed by atoms with Gasteiger partial charge in [0.15, 0.2) is 0 Å². The van der Waals surface area contributed by atoms with Crippen LogP contribution in [-0.2, 0) is 4.79 Å². The fraction of sp³-hybridized carbons (Fsp3) is 0.941. The molecule has 6 atom stereocenters. The predicted octanol–water partition coefficient (Wildman–Crippen LogP) is 4.21. The summed E-state index contributed by atoms with van der Waals surface area (Å²) in [5.41, 5.74) is 0. The van der Waals surface area contributed by atoms with Crippen LogP contribution in [0.4, 0.5) is 0 Å². The summed E-state index contributed by atoms with van der Waals surface area (Å²) >= 11 is 0. The maximum absolute atomic E-state index is 12.1. The van der Waals surface area contributed by atoms with Crippen LogP contribution in [0.5, 0.6) is 0 Å². The number of rotatable bonds is 0. The van der Waals surface area contributed by atoms with Gasteiger partial charge in [0.1, 0.15) is 5.78 Å². The van der Waals surface area contributed by atoms with Crippen molar-refractivity contribution in [3.63, 3.8) is 0 Å². The predicted molar refractivity (Wildman–Crippen MR) is 72.1 cm³/mol. The van der Waals surface area contributed by atoms with E-state index in [0.29, 0.717) is 11.7 Å². The number of Topliss-reactive ketones (excluding diaryl/α,β-unsaturated/α-hetero) is 1. The first kappa shape index (κ1) is 11.5. The second-order valence-electron chi connectivity index (χ2n) is 7.47. The lowest BCUT2D eigenvalue weighted by Gasteiger charge is -2.51. The molecule has 0 aromatic carbocycles. The Morgan fingerprint density at radius 2 is 1.44 bits per heavy atom. The molecule has 0 amide bonds. The summed E-state index contributed by atoms with van der Waals surface area (Å²) in [5, 5.41) is 0. The molecule has 1 nitrogen and oxygen atoms in total. The Hall–Kier alpha value is -0.330. The van der Waals surface area contributed by atoms with Crippen LogP contribution < -0.4 is 0 Å². The number of fused-ring (bicyclic) bond motifs is 5. The molecule has 18 heavy (non-hydrogen) atoms. The maximum Gasteiger partial charge on any atom is 0.136 e. The van der Waals surface area contributed by atoms with Crippen LogP contribution >= 0.6 is 0 Å². The van der Waals surface area contributed by atoms with Gasteiger partial charge in [-0.2, -0.15) is 0 Å². The number of hydrogen-bond acceptors (Lipinski definition) is 1. The molecule has 0 saturated heterocycles. The first-order valence-electron chi connectivity index (χ1n) is 8.37. The average molecular weight is 246 g/mol. The summed E-state index contributed by atoms with van der Waals surface area (Å²) < 4.78 is 0. The van der Waals surface area contributed by atoms with Crippen molar-refractivity contribution in [2.75, 3.05) is 0 Å². The molecule has 100 valence electrons. The van der Waals surface area contributed by atoms with E-state index in [0.717, 1.165) is 36.0 Å². The first-order valence-corrected chi connectivity index (χ1v) is 8.37. The van der Waals surface area contributed by atoms with Gasteiger partial charge in [-0.3, -0.25) is 4.79 Å². The fourth-order valence-corrected chi connectivity index (χ4v) is 6.28. The molecule has 4 rings (SSSR count). The zero-order chi connectivity index (χ0) is 12.1. The van der Waals surface area contributed by atoms with Crippen molar-refractivity contribution in [3.05, 3.63) is 0 Å². The molecule has 0 N–H and O–H groups in total. The van der Waals surface area contributed by atoms with Crippen LogP contribution in [0, 0.1) is 35.5 Å². The highest BCUT2D eigenvalue weighted by molar-refractivity contribution is 5.82. The van der Waals surface area contributed by atoms with Crippen LogP contribution in [0.25, 0.3) is 0 Å². The number of carbonyl (C=O) groups is 1. The van der Waals surface area contributed by atoms with E-state index in [4.69, 9.17) is 0 Å². The number of carbonyl (C=O) groups excluding carboxylic acids is 1. The van der Waals surface area contributed by atoms with Crippen LogP contribution in [-0.4, -0.2) is 5.78 Å². The molecule has 0 bridgehead atoms. The highest BCUT2D eigenvalue weighted by atomic mass is 16.1. The molecule has 4 fully saturated rings. The Morgan fingerprint density at radius 1 is 0.667 bits per heavy atom. The molecule has 0 unspecified atom stereocenters. The molecule has 0 heterocycles. The van der Waals surface area contributed by atoms with Gasteiger partial charge in [-0.15, -0.1) is 0 Å². The van der Waals surface area contributed by atoms with Crippen molar-refractivity contribution in [3.8, 4) is 0 Å². The van der Waals surface area contributed by atoms with E-state index in [1.54, 1.807) is 0 Å². The SMILES string of the molecule is O=C1CCC[C@@H]2[C@H]3CC[C@@H]4CCC[C@H]4[C@@H]3CC[C@@H]12. The maximum atomic E-state index is 12.1. The molecular weight excluding hydrogens is 220 g/mol. The van der Waals surface area contributed by atoms with Gasteiger partial charge in [-0.25, -0.2) is 0 Å². The van der Waals surface area contributed by atoms with Crippen molar-refractivity contribution >= 4 is 5.78 Å². The molecule has 4 aliphatic rings. The quantitative estimate of drug-likeness (QED) is 0.626. The van der Waals surface area contributed by atoms with E-state index in [2.05, 4.69) is 0 Å².